The molecule has 0 spiro atoms. The second-order valence-electron chi connectivity index (χ2n) is 9.10. The number of aryl methyl sites for hydroxylation is 1. The van der Waals surface area contributed by atoms with Crippen LogP contribution in [0, 0.1) is 6.92 Å². The molecule has 200 valence electrons. The van der Waals surface area contributed by atoms with Crippen LogP contribution in [0.15, 0.2) is 104 Å². The summed E-state index contributed by atoms with van der Waals surface area (Å²) < 4.78 is 0. The molecule has 2 rings (SSSR count). The molecule has 0 aliphatic rings. The average molecular weight is 497 g/mol. The molecule has 37 heavy (non-hydrogen) atoms. The highest BCUT2D eigenvalue weighted by Crippen LogP contribution is 2.25. The minimum absolute atomic E-state index is 1.04. The molecule has 0 unspecified atom stereocenters. The van der Waals surface area contributed by atoms with Gasteiger partial charge in [0.05, 0.1) is 0 Å². The number of benzene rings is 2. The largest absolute Gasteiger partial charge is 0.103 e. The van der Waals surface area contributed by atoms with E-state index >= 15 is 0 Å². The topological polar surface area (TPSA) is 0 Å². The summed E-state index contributed by atoms with van der Waals surface area (Å²) in [6.45, 7) is 24.5. The van der Waals surface area contributed by atoms with Crippen molar-refractivity contribution in [2.45, 2.75) is 87.5 Å². The summed E-state index contributed by atoms with van der Waals surface area (Å²) in [5.74, 6) is 0. The van der Waals surface area contributed by atoms with E-state index in [9.17, 15) is 0 Å². The van der Waals surface area contributed by atoms with Gasteiger partial charge in [0.2, 0.25) is 0 Å². The third-order valence-corrected chi connectivity index (χ3v) is 5.87. The van der Waals surface area contributed by atoms with Gasteiger partial charge >= 0.3 is 0 Å². The fourth-order valence-electron chi connectivity index (χ4n) is 3.89. The summed E-state index contributed by atoms with van der Waals surface area (Å²) >= 11 is 0. The second kappa shape index (κ2) is 21.0. The maximum absolute atomic E-state index is 4.32. The van der Waals surface area contributed by atoms with Crippen LogP contribution in [0.2, 0.25) is 0 Å². The summed E-state index contributed by atoms with van der Waals surface area (Å²) in [5.41, 5.74) is 9.93. The van der Waals surface area contributed by atoms with Crippen molar-refractivity contribution in [3.8, 4) is 0 Å². The highest BCUT2D eigenvalue weighted by Gasteiger charge is 2.03. The Morgan fingerprint density at radius 3 is 2.00 bits per heavy atom. The van der Waals surface area contributed by atoms with Crippen molar-refractivity contribution in [3.63, 3.8) is 0 Å². The summed E-state index contributed by atoms with van der Waals surface area (Å²) in [5, 5.41) is 0. The van der Waals surface area contributed by atoms with Gasteiger partial charge in [0.25, 0.3) is 0 Å². The molecular formula is C37H52. The van der Waals surface area contributed by atoms with Gasteiger partial charge in [-0.1, -0.05) is 137 Å². The fraction of sp³-hybridized carbons (Fsp3) is 0.351. The standard InChI is InChI=1S/C32H40.C3H6.C2H6/c1-7-9-10-11-15-25(3)18-19-30(14-8-2)31-22-20-29(21-23-31)27(5)24-28(6)32-17-13-12-16-26(32)4;1-3-2;1-2/h8,12-14,16-24H,5,7,9-11,15H2,1-4,6H3;3H,1H2,2H3;1-2H3/b14-8-,25-18+,28-24-,30-19+;;. The minimum atomic E-state index is 1.04. The molecule has 0 heterocycles. The molecule has 0 N–H and O–H groups in total. The molecule has 0 aromatic heterocycles. The van der Waals surface area contributed by atoms with Crippen molar-refractivity contribution in [3.05, 3.63) is 126 Å². The molecule has 0 bridgehead atoms. The zero-order valence-corrected chi connectivity index (χ0v) is 25.0. The predicted molar refractivity (Wildman–Crippen MR) is 173 cm³/mol. The Bertz CT molecular complexity index is 1040. The van der Waals surface area contributed by atoms with Crippen LogP contribution >= 0.6 is 0 Å². The smallest absolute Gasteiger partial charge is 0.0184 e. The first-order valence-corrected chi connectivity index (χ1v) is 14.0. The first kappa shape index (κ1) is 33.9. The van der Waals surface area contributed by atoms with Gasteiger partial charge in [-0.3, -0.25) is 0 Å². The zero-order chi connectivity index (χ0) is 28.1. The maximum atomic E-state index is 4.32. The van der Waals surface area contributed by atoms with E-state index in [-0.39, 0.29) is 0 Å². The first-order valence-electron chi connectivity index (χ1n) is 14.0. The Labute approximate surface area is 229 Å². The Morgan fingerprint density at radius 1 is 0.838 bits per heavy atom. The average Bonchev–Trinajstić information content (AvgIpc) is 2.91. The van der Waals surface area contributed by atoms with Crippen LogP contribution < -0.4 is 0 Å². The van der Waals surface area contributed by atoms with Crippen LogP contribution in [0.3, 0.4) is 0 Å². The molecule has 0 nitrogen and oxygen atoms in total. The highest BCUT2D eigenvalue weighted by atomic mass is 14.1. The maximum Gasteiger partial charge on any atom is -0.0184 e. The Hall–Kier alpha value is -3.12. The Morgan fingerprint density at radius 2 is 1.43 bits per heavy atom. The van der Waals surface area contributed by atoms with Crippen LogP contribution in [-0.2, 0) is 0 Å². The van der Waals surface area contributed by atoms with Gasteiger partial charge in [-0.25, -0.2) is 0 Å². The van der Waals surface area contributed by atoms with Crippen LogP contribution in [0.5, 0.6) is 0 Å². The van der Waals surface area contributed by atoms with Crippen LogP contribution in [0.25, 0.3) is 16.7 Å². The number of rotatable bonds is 11. The minimum Gasteiger partial charge on any atom is -0.103 e. The molecule has 0 saturated carbocycles. The molecule has 0 aliphatic carbocycles. The molecule has 0 aliphatic heterocycles. The number of hydrogen-bond donors (Lipinski definition) is 0. The normalized spacial score (nSPS) is 11.8. The molecule has 0 radical (unpaired) electrons. The summed E-state index contributed by atoms with van der Waals surface area (Å²) in [6.07, 6.45) is 19.2. The molecule has 0 saturated heterocycles. The third kappa shape index (κ3) is 13.7. The lowest BCUT2D eigenvalue weighted by molar-refractivity contribution is 0.664. The first-order chi connectivity index (χ1) is 17.9. The van der Waals surface area contributed by atoms with E-state index in [1.165, 1.54) is 65.5 Å². The third-order valence-electron chi connectivity index (χ3n) is 5.87. The van der Waals surface area contributed by atoms with Crippen molar-refractivity contribution in [2.24, 2.45) is 0 Å². The van der Waals surface area contributed by atoms with Gasteiger partial charge in [0, 0.05) is 0 Å². The summed E-state index contributed by atoms with van der Waals surface area (Å²) in [7, 11) is 0. The lowest BCUT2D eigenvalue weighted by atomic mass is 9.96. The van der Waals surface area contributed by atoms with Crippen LogP contribution in [0.1, 0.15) is 103 Å². The molecule has 2 aromatic carbocycles. The molecular weight excluding hydrogens is 444 g/mol. The molecule has 2 aromatic rings. The number of allylic oxidation sites excluding steroid dienone is 10. The zero-order valence-electron chi connectivity index (χ0n) is 25.0. The highest BCUT2D eigenvalue weighted by molar-refractivity contribution is 5.84. The summed E-state index contributed by atoms with van der Waals surface area (Å²) in [4.78, 5) is 0. The molecule has 0 fully saturated rings. The predicted octanol–water partition coefficient (Wildman–Crippen LogP) is 12.2. The van der Waals surface area contributed by atoms with Crippen molar-refractivity contribution in [2.75, 3.05) is 0 Å². The monoisotopic (exact) mass is 496 g/mol. The van der Waals surface area contributed by atoms with Crippen molar-refractivity contribution in [1.29, 1.82) is 0 Å². The van der Waals surface area contributed by atoms with Gasteiger partial charge in [-0.2, -0.15) is 0 Å². The molecule has 0 atom stereocenters. The van der Waals surface area contributed by atoms with E-state index < -0.39 is 0 Å². The van der Waals surface area contributed by atoms with Gasteiger partial charge in [-0.05, 0) is 86.4 Å². The Kier molecular flexibility index (Phi) is 19.2. The van der Waals surface area contributed by atoms with E-state index in [2.05, 4.69) is 127 Å². The fourth-order valence-corrected chi connectivity index (χ4v) is 3.89. The van der Waals surface area contributed by atoms with E-state index in [1.807, 2.05) is 20.8 Å². The van der Waals surface area contributed by atoms with Crippen molar-refractivity contribution >= 4 is 16.7 Å². The SMILES string of the molecule is C=C(/C=C(/C)c1ccccc1C)c1ccc(C(/C=C\C)=C/C=C(\C)CCCCCC)cc1.C=CC.CC. The molecule has 0 heteroatoms. The van der Waals surface area contributed by atoms with Gasteiger partial charge in [0.1, 0.15) is 0 Å². The van der Waals surface area contributed by atoms with Gasteiger partial charge in [-0.15, -0.1) is 6.58 Å². The van der Waals surface area contributed by atoms with E-state index in [4.69, 9.17) is 0 Å². The van der Waals surface area contributed by atoms with E-state index in [1.54, 1.807) is 6.08 Å². The van der Waals surface area contributed by atoms with Gasteiger partial charge in [0.15, 0.2) is 0 Å². The van der Waals surface area contributed by atoms with Gasteiger partial charge < -0.3 is 0 Å². The quantitative estimate of drug-likeness (QED) is 0.165. The number of hydrogen-bond acceptors (Lipinski definition) is 0. The second-order valence-corrected chi connectivity index (χ2v) is 9.10. The Balaban J connectivity index is 0.00000241. The lowest BCUT2D eigenvalue weighted by Crippen LogP contribution is -1.88. The lowest BCUT2D eigenvalue weighted by Gasteiger charge is -2.09. The van der Waals surface area contributed by atoms with Crippen LogP contribution in [0.4, 0.5) is 0 Å². The number of unbranched alkanes of at least 4 members (excludes halogenated alkanes) is 3. The van der Waals surface area contributed by atoms with E-state index in [0.717, 1.165) is 11.1 Å². The summed E-state index contributed by atoms with van der Waals surface area (Å²) in [6, 6.07) is 17.3. The molecule has 0 amide bonds. The van der Waals surface area contributed by atoms with Crippen molar-refractivity contribution < 1.29 is 0 Å². The van der Waals surface area contributed by atoms with Crippen LogP contribution in [-0.4, -0.2) is 0 Å². The van der Waals surface area contributed by atoms with Crippen molar-refractivity contribution in [1.82, 2.24) is 0 Å². The van der Waals surface area contributed by atoms with E-state index in [0.29, 0.717) is 0 Å².